The number of rotatable bonds is 8. The Labute approximate surface area is 191 Å². The highest BCUT2D eigenvalue weighted by atomic mass is 16.5. The SMILES string of the molecule is CC(C)CC(=O)N[C@H](Cc1ccccc1)C(=O)N1Cc2ccccc2OC[C@H]1CN(C)C. The second-order valence-corrected chi connectivity index (χ2v) is 9.21. The van der Waals surface area contributed by atoms with Crippen molar-refractivity contribution in [2.24, 2.45) is 5.92 Å². The van der Waals surface area contributed by atoms with Gasteiger partial charge in [-0.2, -0.15) is 0 Å². The Hall–Kier alpha value is -2.86. The van der Waals surface area contributed by atoms with Crippen LogP contribution in [0.15, 0.2) is 54.6 Å². The number of carbonyl (C=O) groups is 2. The van der Waals surface area contributed by atoms with E-state index in [0.29, 0.717) is 32.5 Å². The van der Waals surface area contributed by atoms with E-state index in [1.54, 1.807) is 0 Å². The van der Waals surface area contributed by atoms with E-state index in [0.717, 1.165) is 16.9 Å². The third-order valence-electron chi connectivity index (χ3n) is 5.55. The van der Waals surface area contributed by atoms with Crippen molar-refractivity contribution >= 4 is 11.8 Å². The number of hydrogen-bond acceptors (Lipinski definition) is 4. The molecule has 1 N–H and O–H groups in total. The quantitative estimate of drug-likeness (QED) is 0.689. The number of carbonyl (C=O) groups excluding carboxylic acids is 2. The minimum absolute atomic E-state index is 0.0712. The highest BCUT2D eigenvalue weighted by Gasteiger charge is 2.34. The van der Waals surface area contributed by atoms with Gasteiger partial charge in [-0.15, -0.1) is 0 Å². The van der Waals surface area contributed by atoms with Crippen molar-refractivity contribution in [3.05, 3.63) is 65.7 Å². The van der Waals surface area contributed by atoms with Gasteiger partial charge in [0.05, 0.1) is 6.04 Å². The molecule has 6 nitrogen and oxygen atoms in total. The largest absolute Gasteiger partial charge is 0.491 e. The Morgan fingerprint density at radius 1 is 1.09 bits per heavy atom. The lowest BCUT2D eigenvalue weighted by atomic mass is 10.0. The fraction of sp³-hybridized carbons (Fsp3) is 0.462. The van der Waals surface area contributed by atoms with E-state index in [4.69, 9.17) is 4.74 Å². The van der Waals surface area contributed by atoms with Crippen LogP contribution in [0.5, 0.6) is 5.75 Å². The van der Waals surface area contributed by atoms with Crippen molar-refractivity contribution in [3.8, 4) is 5.75 Å². The molecule has 0 saturated heterocycles. The van der Waals surface area contributed by atoms with Gasteiger partial charge in [0, 0.05) is 31.5 Å². The summed E-state index contributed by atoms with van der Waals surface area (Å²) in [5.74, 6) is 0.875. The number of fused-ring (bicyclic) bond motifs is 1. The van der Waals surface area contributed by atoms with Crippen LogP contribution in [0, 0.1) is 5.92 Å². The zero-order chi connectivity index (χ0) is 23.1. The van der Waals surface area contributed by atoms with Crippen LogP contribution >= 0.6 is 0 Å². The maximum absolute atomic E-state index is 13.9. The summed E-state index contributed by atoms with van der Waals surface area (Å²) in [4.78, 5) is 30.5. The average molecular weight is 438 g/mol. The Bertz CT molecular complexity index is 898. The highest BCUT2D eigenvalue weighted by molar-refractivity contribution is 5.88. The second-order valence-electron chi connectivity index (χ2n) is 9.21. The van der Waals surface area contributed by atoms with Gasteiger partial charge in [0.1, 0.15) is 18.4 Å². The molecule has 0 fully saturated rings. The van der Waals surface area contributed by atoms with Crippen LogP contribution in [0.25, 0.3) is 0 Å². The van der Waals surface area contributed by atoms with Gasteiger partial charge in [0.25, 0.3) is 0 Å². The van der Waals surface area contributed by atoms with Crippen molar-refractivity contribution in [1.82, 2.24) is 15.1 Å². The summed E-state index contributed by atoms with van der Waals surface area (Å²) in [6, 6.07) is 17.0. The summed E-state index contributed by atoms with van der Waals surface area (Å²) in [6.07, 6.45) is 0.850. The van der Waals surface area contributed by atoms with Crippen LogP contribution < -0.4 is 10.1 Å². The van der Waals surface area contributed by atoms with Crippen LogP contribution in [0.2, 0.25) is 0 Å². The molecule has 172 valence electrons. The predicted octanol–water partition coefficient (Wildman–Crippen LogP) is 3.11. The zero-order valence-electron chi connectivity index (χ0n) is 19.6. The Morgan fingerprint density at radius 3 is 2.47 bits per heavy atom. The maximum Gasteiger partial charge on any atom is 0.246 e. The molecule has 6 heteroatoms. The molecular weight excluding hydrogens is 402 g/mol. The first-order chi connectivity index (χ1) is 15.3. The molecular formula is C26H35N3O3. The lowest BCUT2D eigenvalue weighted by Crippen LogP contribution is -2.55. The van der Waals surface area contributed by atoms with Crippen LogP contribution in [0.1, 0.15) is 31.4 Å². The molecule has 0 saturated carbocycles. The van der Waals surface area contributed by atoms with E-state index < -0.39 is 6.04 Å². The van der Waals surface area contributed by atoms with Crippen LogP contribution in [-0.2, 0) is 22.6 Å². The molecule has 0 unspecified atom stereocenters. The topological polar surface area (TPSA) is 61.9 Å². The van der Waals surface area contributed by atoms with Crippen LogP contribution in [0.3, 0.4) is 0 Å². The third kappa shape index (κ3) is 6.57. The van der Waals surface area contributed by atoms with Gasteiger partial charge in [0.15, 0.2) is 0 Å². The average Bonchev–Trinajstić information content (AvgIpc) is 2.92. The van der Waals surface area contributed by atoms with Gasteiger partial charge in [-0.3, -0.25) is 9.59 Å². The summed E-state index contributed by atoms with van der Waals surface area (Å²) in [5.41, 5.74) is 2.00. The van der Waals surface area contributed by atoms with E-state index in [2.05, 4.69) is 10.2 Å². The summed E-state index contributed by atoms with van der Waals surface area (Å²) < 4.78 is 6.07. The number of likely N-dealkylation sites (N-methyl/N-ethyl adjacent to an activating group) is 1. The monoisotopic (exact) mass is 437 g/mol. The van der Waals surface area contributed by atoms with E-state index >= 15 is 0 Å². The first-order valence-electron chi connectivity index (χ1n) is 11.3. The molecule has 1 heterocycles. The molecule has 2 aromatic carbocycles. The Morgan fingerprint density at radius 2 is 1.78 bits per heavy atom. The van der Waals surface area contributed by atoms with E-state index in [9.17, 15) is 9.59 Å². The lowest BCUT2D eigenvalue weighted by molar-refractivity contribution is -0.139. The second kappa shape index (κ2) is 11.1. The highest BCUT2D eigenvalue weighted by Crippen LogP contribution is 2.26. The number of para-hydroxylation sites is 1. The molecule has 2 amide bonds. The Kier molecular flexibility index (Phi) is 8.28. The molecule has 32 heavy (non-hydrogen) atoms. The standard InChI is InChI=1S/C26H35N3O3/c1-19(2)14-25(30)27-23(15-20-10-6-5-7-11-20)26(31)29-16-21-12-8-9-13-24(21)32-18-22(29)17-28(3)4/h5-13,19,22-23H,14-18H2,1-4H3,(H,27,30)/t22-,23-/m1/s1. The van der Waals surface area contributed by atoms with Gasteiger partial charge < -0.3 is 19.9 Å². The summed E-state index contributed by atoms with van der Waals surface area (Å²) in [6.45, 7) is 5.56. The first-order valence-corrected chi connectivity index (χ1v) is 11.3. The van der Waals surface area contributed by atoms with Gasteiger partial charge in [0.2, 0.25) is 11.8 Å². The molecule has 1 aliphatic rings. The normalized spacial score (nSPS) is 16.8. The van der Waals surface area contributed by atoms with Crippen molar-refractivity contribution in [2.75, 3.05) is 27.2 Å². The predicted molar refractivity (Wildman–Crippen MR) is 126 cm³/mol. The van der Waals surface area contributed by atoms with E-state index in [1.807, 2.05) is 87.4 Å². The Balaban J connectivity index is 1.89. The molecule has 2 atom stereocenters. The molecule has 0 aliphatic carbocycles. The summed E-state index contributed by atoms with van der Waals surface area (Å²) in [5, 5.41) is 3.03. The summed E-state index contributed by atoms with van der Waals surface area (Å²) >= 11 is 0. The lowest BCUT2D eigenvalue weighted by Gasteiger charge is -2.34. The first kappa shape index (κ1) is 23.8. The molecule has 3 rings (SSSR count). The molecule has 2 aromatic rings. The third-order valence-corrected chi connectivity index (χ3v) is 5.55. The number of ether oxygens (including phenoxy) is 1. The van der Waals surface area contributed by atoms with Gasteiger partial charge in [-0.05, 0) is 31.6 Å². The number of nitrogens with zero attached hydrogens (tertiary/aromatic N) is 2. The number of amides is 2. The van der Waals surface area contributed by atoms with Crippen molar-refractivity contribution < 1.29 is 14.3 Å². The van der Waals surface area contributed by atoms with Crippen LogP contribution in [0.4, 0.5) is 0 Å². The van der Waals surface area contributed by atoms with E-state index in [1.165, 1.54) is 0 Å². The van der Waals surface area contributed by atoms with Gasteiger partial charge in [-0.25, -0.2) is 0 Å². The number of hydrogen-bond donors (Lipinski definition) is 1. The minimum atomic E-state index is -0.626. The van der Waals surface area contributed by atoms with Crippen LogP contribution in [-0.4, -0.2) is 60.9 Å². The molecule has 1 aliphatic heterocycles. The fourth-order valence-corrected chi connectivity index (χ4v) is 4.07. The molecule has 0 aromatic heterocycles. The molecule has 0 bridgehead atoms. The van der Waals surface area contributed by atoms with Crippen molar-refractivity contribution in [3.63, 3.8) is 0 Å². The fourth-order valence-electron chi connectivity index (χ4n) is 4.07. The van der Waals surface area contributed by atoms with Gasteiger partial charge >= 0.3 is 0 Å². The molecule has 0 radical (unpaired) electrons. The number of nitrogens with one attached hydrogen (secondary N) is 1. The zero-order valence-corrected chi connectivity index (χ0v) is 19.6. The maximum atomic E-state index is 13.9. The van der Waals surface area contributed by atoms with E-state index in [-0.39, 0.29) is 23.8 Å². The smallest absolute Gasteiger partial charge is 0.246 e. The molecule has 0 spiro atoms. The minimum Gasteiger partial charge on any atom is -0.491 e. The van der Waals surface area contributed by atoms with Crippen molar-refractivity contribution in [1.29, 1.82) is 0 Å². The van der Waals surface area contributed by atoms with Crippen molar-refractivity contribution in [2.45, 2.75) is 45.3 Å². The number of benzene rings is 2. The summed E-state index contributed by atoms with van der Waals surface area (Å²) in [7, 11) is 3.99. The van der Waals surface area contributed by atoms with Gasteiger partial charge in [-0.1, -0.05) is 62.4 Å².